The first-order valence-corrected chi connectivity index (χ1v) is 4.13. The number of carbonyl (C=O) groups excluding carboxylic acids is 2. The number of hydrogen-bond donors (Lipinski definition) is 5. The molecule has 10 heteroatoms. The number of nitrogens with one attached hydrogen (secondary N) is 1. The number of esters is 1. The van der Waals surface area contributed by atoms with E-state index in [-0.39, 0.29) is 77.3 Å². The molecule has 0 aliphatic carbocycles. The zero-order valence-electron chi connectivity index (χ0n) is 10.8. The standard InChI is InChI=1S/C4H7O2.C3H7NO2.CH3O.H4NO.2Y/c1-3-4(5)6-2;1-2-3(5)4-6;2*1-2;;/h2-3H2,1H3;6H,2H2,1H3,(H,4,5);2H,1H2;2H,1H3;;/q-1;;-1;+1;;. The molecule has 0 spiro atoms. The van der Waals surface area contributed by atoms with Gasteiger partial charge in [-0.2, -0.15) is 7.11 Å². The number of aliphatic hydroxyl groups excluding tert-OH is 1. The van der Waals surface area contributed by atoms with Crippen LogP contribution in [0.25, 0.3) is 0 Å². The summed E-state index contributed by atoms with van der Waals surface area (Å²) in [6.45, 7) is 3.37. The fourth-order valence-corrected chi connectivity index (χ4v) is 0.181. The first kappa shape index (κ1) is 36.4. The summed E-state index contributed by atoms with van der Waals surface area (Å²) >= 11 is 0. The molecule has 0 saturated heterocycles. The Hall–Kier alpha value is 0.988. The fourth-order valence-electron chi connectivity index (χ4n) is 0.181. The van der Waals surface area contributed by atoms with E-state index in [4.69, 9.17) is 15.5 Å². The Morgan fingerprint density at radius 1 is 1.17 bits per heavy atom. The Morgan fingerprint density at radius 2 is 1.50 bits per heavy atom. The first-order valence-electron chi connectivity index (χ1n) is 4.13. The van der Waals surface area contributed by atoms with Crippen LogP contribution >= 0.6 is 0 Å². The summed E-state index contributed by atoms with van der Waals surface area (Å²) < 4.78 is 4.01. The summed E-state index contributed by atoms with van der Waals surface area (Å²) in [6, 6.07) is 0. The number of hydroxylamine groups is 1. The molecule has 0 aliphatic rings. The number of rotatable bonds is 2. The maximum atomic E-state index is 9.90. The summed E-state index contributed by atoms with van der Waals surface area (Å²) in [5.74, 6) is 1.63. The van der Waals surface area contributed by atoms with E-state index in [1.54, 1.807) is 13.8 Å². The smallest absolute Gasteiger partial charge is 0.273 e. The summed E-state index contributed by atoms with van der Waals surface area (Å²) in [7, 11) is 5.16. The van der Waals surface area contributed by atoms with Crippen molar-refractivity contribution in [3.63, 3.8) is 0 Å². The Balaban J connectivity index is -0.0000000287. The molecular formula is C8H21N2O6Y2-. The van der Waals surface area contributed by atoms with Gasteiger partial charge in [-0.05, 0) is 0 Å². The predicted octanol–water partition coefficient (Wildman–Crippen LogP) is -0.604. The van der Waals surface area contributed by atoms with Gasteiger partial charge in [0.25, 0.3) is 5.97 Å². The van der Waals surface area contributed by atoms with E-state index < -0.39 is 0 Å². The Labute approximate surface area is 158 Å². The van der Waals surface area contributed by atoms with E-state index >= 15 is 0 Å². The normalized spacial score (nSPS) is 5.78. The number of ether oxygens (including phenoxy) is 1. The van der Waals surface area contributed by atoms with Crippen LogP contribution in [0.1, 0.15) is 26.7 Å². The summed E-state index contributed by atoms with van der Waals surface area (Å²) in [5, 5.41) is 21.2. The Bertz CT molecular complexity index is 124. The van der Waals surface area contributed by atoms with Gasteiger partial charge >= 0.3 is 0 Å². The van der Waals surface area contributed by atoms with Crippen molar-refractivity contribution < 1.29 is 101 Å². The minimum atomic E-state index is -0.352. The maximum Gasteiger partial charge on any atom is 0.273 e. The van der Waals surface area contributed by atoms with Gasteiger partial charge in [0.05, 0.1) is 0 Å². The van der Waals surface area contributed by atoms with Crippen molar-refractivity contribution in [1.29, 1.82) is 0 Å². The van der Waals surface area contributed by atoms with Crippen LogP contribution in [0, 0.1) is 14.2 Å². The molecule has 1 amide bonds. The molecule has 2 radical (unpaired) electrons. The van der Waals surface area contributed by atoms with Gasteiger partial charge in [-0.15, -0.1) is 0 Å². The molecule has 0 bridgehead atoms. The average molecular weight is 419 g/mol. The van der Waals surface area contributed by atoms with Crippen molar-refractivity contribution >= 4 is 11.9 Å². The van der Waals surface area contributed by atoms with E-state index in [9.17, 15) is 9.59 Å². The molecule has 18 heavy (non-hydrogen) atoms. The van der Waals surface area contributed by atoms with Crippen molar-refractivity contribution in [3.05, 3.63) is 14.2 Å². The number of carbonyl (C=O) groups is 2. The van der Waals surface area contributed by atoms with E-state index in [0.717, 1.165) is 0 Å². The van der Waals surface area contributed by atoms with E-state index in [0.29, 0.717) is 12.8 Å². The van der Waals surface area contributed by atoms with Gasteiger partial charge < -0.3 is 9.84 Å². The summed E-state index contributed by atoms with van der Waals surface area (Å²) in [4.78, 5) is 19.7. The quantitative estimate of drug-likeness (QED) is 0.175. The largest absolute Gasteiger partial charge is 0.640 e. The zero-order valence-corrected chi connectivity index (χ0v) is 16.4. The maximum absolute atomic E-state index is 9.90. The monoisotopic (exact) mass is 419 g/mol. The third kappa shape index (κ3) is 53.8. The molecule has 0 saturated carbocycles. The molecular weight excluding hydrogens is 398 g/mol. The SMILES string of the molecule is CCC(=O)NO.[CH2-]O.[CH2-]OC(=O)CC.[NH3+]O.[Y].[Y]. The van der Waals surface area contributed by atoms with Gasteiger partial charge in [0.1, 0.15) is 0 Å². The van der Waals surface area contributed by atoms with Crippen molar-refractivity contribution in [2.24, 2.45) is 0 Å². The molecule has 7 N–H and O–H groups in total. The van der Waals surface area contributed by atoms with Crippen LogP contribution in [0.3, 0.4) is 0 Å². The van der Waals surface area contributed by atoms with Crippen molar-refractivity contribution in [3.8, 4) is 0 Å². The van der Waals surface area contributed by atoms with Crippen LogP contribution in [-0.2, 0) is 79.7 Å². The zero-order chi connectivity index (χ0) is 14.0. The molecule has 0 atom stereocenters. The molecule has 0 aromatic heterocycles. The molecule has 106 valence electrons. The number of quaternary nitrogens is 1. The van der Waals surface area contributed by atoms with Crippen LogP contribution in [0.15, 0.2) is 0 Å². The topological polar surface area (TPSA) is 144 Å². The minimum Gasteiger partial charge on any atom is -0.640 e. The van der Waals surface area contributed by atoms with Crippen LogP contribution in [0.2, 0.25) is 0 Å². The number of aliphatic hydroxyl groups is 1. The third-order valence-electron chi connectivity index (χ3n) is 0.895. The third-order valence-corrected chi connectivity index (χ3v) is 0.895. The fraction of sp³-hybridized carbons (Fsp3) is 0.500. The van der Waals surface area contributed by atoms with Gasteiger partial charge in [0.15, 0.2) is 0 Å². The number of amides is 1. The second-order valence-electron chi connectivity index (χ2n) is 1.76. The minimum absolute atomic E-state index is 0. The Kier molecular flexibility index (Phi) is 87.0. The second-order valence-corrected chi connectivity index (χ2v) is 1.76. The molecule has 0 aromatic rings. The molecule has 0 heterocycles. The van der Waals surface area contributed by atoms with Gasteiger partial charge in [0, 0.05) is 78.3 Å². The number of hydrogen-bond acceptors (Lipinski definition) is 6. The molecule has 0 rings (SSSR count). The first-order chi connectivity index (χ1) is 7.62. The summed E-state index contributed by atoms with van der Waals surface area (Å²) in [6.07, 6.45) is 0.736. The van der Waals surface area contributed by atoms with Crippen molar-refractivity contribution in [2.45, 2.75) is 26.7 Å². The molecule has 0 fully saturated rings. The van der Waals surface area contributed by atoms with Crippen molar-refractivity contribution in [1.82, 2.24) is 5.48 Å². The van der Waals surface area contributed by atoms with Gasteiger partial charge in [-0.25, -0.2) is 23.7 Å². The van der Waals surface area contributed by atoms with Crippen LogP contribution in [0.4, 0.5) is 0 Å². The molecule has 0 aliphatic heterocycles. The predicted molar refractivity (Wildman–Crippen MR) is 53.9 cm³/mol. The van der Waals surface area contributed by atoms with Crippen LogP contribution < -0.4 is 11.4 Å². The van der Waals surface area contributed by atoms with Crippen LogP contribution in [-0.4, -0.2) is 27.4 Å². The Morgan fingerprint density at radius 3 is 1.50 bits per heavy atom. The average Bonchev–Trinajstić information content (AvgIpc) is 2.41. The molecule has 0 unspecified atom stereocenters. The molecule has 8 nitrogen and oxygen atoms in total. The van der Waals surface area contributed by atoms with Gasteiger partial charge in [-0.3, -0.25) is 14.8 Å². The van der Waals surface area contributed by atoms with Crippen molar-refractivity contribution in [2.75, 3.05) is 0 Å². The van der Waals surface area contributed by atoms with E-state index in [1.807, 2.05) is 0 Å². The molecule has 0 aromatic carbocycles. The summed E-state index contributed by atoms with van der Waals surface area (Å²) in [5.41, 5.74) is 1.48. The van der Waals surface area contributed by atoms with Gasteiger partial charge in [-0.1, -0.05) is 13.8 Å². The van der Waals surface area contributed by atoms with E-state index in [1.165, 1.54) is 5.48 Å². The second kappa shape index (κ2) is 43.0. The van der Waals surface area contributed by atoms with Gasteiger partial charge in [0.2, 0.25) is 5.91 Å². The van der Waals surface area contributed by atoms with E-state index in [2.05, 4.69) is 24.9 Å². The van der Waals surface area contributed by atoms with Crippen LogP contribution in [0.5, 0.6) is 0 Å².